The first-order chi connectivity index (χ1) is 9.41. The number of aromatic nitrogens is 2. The van der Waals surface area contributed by atoms with Gasteiger partial charge in [-0.15, -0.1) is 0 Å². The second kappa shape index (κ2) is 5.64. The summed E-state index contributed by atoms with van der Waals surface area (Å²) in [5, 5.41) is 3.60. The van der Waals surface area contributed by atoms with E-state index in [1.807, 2.05) is 13.8 Å². The molecule has 3 nitrogen and oxygen atoms in total. The molecule has 1 aromatic carbocycles. The SMILES string of the molecule is CCC(C)CNc1nc(C(F)(F)F)nc2ccccc12. The Hall–Kier alpha value is -1.85. The Balaban J connectivity index is 2.44. The number of alkyl halides is 3. The molecule has 6 heteroatoms. The molecule has 2 rings (SSSR count). The van der Waals surface area contributed by atoms with Gasteiger partial charge in [-0.05, 0) is 18.1 Å². The van der Waals surface area contributed by atoms with Crippen molar-refractivity contribution in [3.63, 3.8) is 0 Å². The molecule has 0 saturated heterocycles. The zero-order valence-corrected chi connectivity index (χ0v) is 11.3. The minimum Gasteiger partial charge on any atom is -0.369 e. The first-order valence-corrected chi connectivity index (χ1v) is 6.49. The van der Waals surface area contributed by atoms with Crippen LogP contribution in [0.1, 0.15) is 26.1 Å². The first-order valence-electron chi connectivity index (χ1n) is 6.49. The third-order valence-corrected chi connectivity index (χ3v) is 3.17. The molecule has 1 heterocycles. The molecule has 1 N–H and O–H groups in total. The predicted molar refractivity (Wildman–Crippen MR) is 72.5 cm³/mol. The van der Waals surface area contributed by atoms with E-state index in [-0.39, 0.29) is 5.82 Å². The lowest BCUT2D eigenvalue weighted by Crippen LogP contribution is -2.16. The zero-order chi connectivity index (χ0) is 14.8. The van der Waals surface area contributed by atoms with Gasteiger partial charge in [-0.25, -0.2) is 9.97 Å². The van der Waals surface area contributed by atoms with Gasteiger partial charge in [0.1, 0.15) is 5.82 Å². The van der Waals surface area contributed by atoms with Crippen molar-refractivity contribution >= 4 is 16.7 Å². The molecule has 2 aromatic rings. The number of rotatable bonds is 4. The summed E-state index contributed by atoms with van der Waals surface area (Å²) in [6.07, 6.45) is -3.60. The molecule has 0 spiro atoms. The number of nitrogens with one attached hydrogen (secondary N) is 1. The number of fused-ring (bicyclic) bond motifs is 1. The van der Waals surface area contributed by atoms with Crippen molar-refractivity contribution in [2.75, 3.05) is 11.9 Å². The third-order valence-electron chi connectivity index (χ3n) is 3.17. The summed E-state index contributed by atoms with van der Waals surface area (Å²) in [6.45, 7) is 4.64. The van der Waals surface area contributed by atoms with Crippen molar-refractivity contribution in [2.24, 2.45) is 5.92 Å². The van der Waals surface area contributed by atoms with Gasteiger partial charge in [0.05, 0.1) is 5.52 Å². The Morgan fingerprint density at radius 1 is 1.20 bits per heavy atom. The van der Waals surface area contributed by atoms with E-state index in [9.17, 15) is 13.2 Å². The van der Waals surface area contributed by atoms with Crippen LogP contribution in [0, 0.1) is 5.92 Å². The van der Waals surface area contributed by atoms with Crippen molar-refractivity contribution in [3.8, 4) is 0 Å². The molecular weight excluding hydrogens is 267 g/mol. The van der Waals surface area contributed by atoms with Gasteiger partial charge in [0.25, 0.3) is 0 Å². The standard InChI is InChI=1S/C14H16F3N3/c1-3-9(2)8-18-12-10-6-4-5-7-11(10)19-13(20-12)14(15,16)17/h4-7,9H,3,8H2,1-2H3,(H,18,19,20). The van der Waals surface area contributed by atoms with Gasteiger partial charge in [-0.3, -0.25) is 0 Å². The van der Waals surface area contributed by atoms with Gasteiger partial charge in [0.15, 0.2) is 0 Å². The van der Waals surface area contributed by atoms with E-state index >= 15 is 0 Å². The van der Waals surface area contributed by atoms with Crippen LogP contribution in [0.25, 0.3) is 10.9 Å². The van der Waals surface area contributed by atoms with Crippen LogP contribution in [0.15, 0.2) is 24.3 Å². The van der Waals surface area contributed by atoms with Crippen LogP contribution >= 0.6 is 0 Å². The van der Waals surface area contributed by atoms with Crippen LogP contribution in [-0.4, -0.2) is 16.5 Å². The maximum Gasteiger partial charge on any atom is 0.451 e. The lowest BCUT2D eigenvalue weighted by atomic mass is 10.1. The summed E-state index contributed by atoms with van der Waals surface area (Å²) in [5.41, 5.74) is 0.293. The lowest BCUT2D eigenvalue weighted by molar-refractivity contribution is -0.144. The predicted octanol–water partition coefficient (Wildman–Crippen LogP) is 4.11. The fourth-order valence-corrected chi connectivity index (χ4v) is 1.75. The fourth-order valence-electron chi connectivity index (χ4n) is 1.75. The van der Waals surface area contributed by atoms with Gasteiger partial charge < -0.3 is 5.32 Å². The van der Waals surface area contributed by atoms with Gasteiger partial charge in [-0.1, -0.05) is 32.4 Å². The maximum absolute atomic E-state index is 12.8. The van der Waals surface area contributed by atoms with E-state index in [4.69, 9.17) is 0 Å². The van der Waals surface area contributed by atoms with Crippen LogP contribution in [0.4, 0.5) is 19.0 Å². The van der Waals surface area contributed by atoms with Crippen LogP contribution in [0.5, 0.6) is 0 Å². The molecule has 108 valence electrons. The Labute approximate surface area is 115 Å². The molecule has 0 aliphatic carbocycles. The second-order valence-electron chi connectivity index (χ2n) is 4.81. The summed E-state index contributed by atoms with van der Waals surface area (Å²) < 4.78 is 38.4. The molecule has 1 unspecified atom stereocenters. The summed E-state index contributed by atoms with van der Waals surface area (Å²) >= 11 is 0. The molecule has 0 fully saturated rings. The average Bonchev–Trinajstić information content (AvgIpc) is 2.43. The molecule has 20 heavy (non-hydrogen) atoms. The highest BCUT2D eigenvalue weighted by atomic mass is 19.4. The van der Waals surface area contributed by atoms with E-state index < -0.39 is 12.0 Å². The highest BCUT2D eigenvalue weighted by Crippen LogP contribution is 2.30. The van der Waals surface area contributed by atoms with E-state index in [2.05, 4.69) is 15.3 Å². The molecule has 0 bridgehead atoms. The Morgan fingerprint density at radius 2 is 1.90 bits per heavy atom. The van der Waals surface area contributed by atoms with E-state index in [1.54, 1.807) is 24.3 Å². The minimum absolute atomic E-state index is 0.239. The first kappa shape index (κ1) is 14.6. The molecule has 0 aliphatic rings. The van der Waals surface area contributed by atoms with E-state index in [0.29, 0.717) is 23.4 Å². The monoisotopic (exact) mass is 283 g/mol. The molecule has 0 radical (unpaired) electrons. The van der Waals surface area contributed by atoms with Crippen molar-refractivity contribution < 1.29 is 13.2 Å². The molecule has 1 aromatic heterocycles. The summed E-state index contributed by atoms with van der Waals surface area (Å²) in [6, 6.07) is 6.69. The molecular formula is C14H16F3N3. The molecule has 1 atom stereocenters. The fraction of sp³-hybridized carbons (Fsp3) is 0.429. The number of nitrogens with zero attached hydrogens (tertiary/aromatic N) is 2. The van der Waals surface area contributed by atoms with Crippen LogP contribution in [-0.2, 0) is 6.18 Å². The summed E-state index contributed by atoms with van der Waals surface area (Å²) in [5.74, 6) is -0.510. The van der Waals surface area contributed by atoms with Crippen LogP contribution in [0.2, 0.25) is 0 Å². The van der Waals surface area contributed by atoms with Gasteiger partial charge in [-0.2, -0.15) is 13.2 Å². The Morgan fingerprint density at radius 3 is 2.55 bits per heavy atom. The molecule has 0 aliphatic heterocycles. The van der Waals surface area contributed by atoms with Crippen molar-refractivity contribution in [2.45, 2.75) is 26.4 Å². The largest absolute Gasteiger partial charge is 0.451 e. The van der Waals surface area contributed by atoms with Gasteiger partial charge >= 0.3 is 6.18 Å². The normalized spacial score (nSPS) is 13.4. The Kier molecular flexibility index (Phi) is 4.11. The number of benzene rings is 1. The lowest BCUT2D eigenvalue weighted by Gasteiger charge is -2.14. The number of hydrogen-bond donors (Lipinski definition) is 1. The minimum atomic E-state index is -4.54. The molecule has 0 amide bonds. The second-order valence-corrected chi connectivity index (χ2v) is 4.81. The van der Waals surface area contributed by atoms with Crippen LogP contribution < -0.4 is 5.32 Å². The zero-order valence-electron chi connectivity index (χ0n) is 11.3. The average molecular weight is 283 g/mol. The van der Waals surface area contributed by atoms with Crippen molar-refractivity contribution in [1.82, 2.24) is 9.97 Å². The van der Waals surface area contributed by atoms with Gasteiger partial charge in [0.2, 0.25) is 5.82 Å². The van der Waals surface area contributed by atoms with E-state index in [0.717, 1.165) is 6.42 Å². The topological polar surface area (TPSA) is 37.8 Å². The molecule has 0 saturated carbocycles. The summed E-state index contributed by atoms with van der Waals surface area (Å²) in [7, 11) is 0. The quantitative estimate of drug-likeness (QED) is 0.917. The van der Waals surface area contributed by atoms with Gasteiger partial charge in [0, 0.05) is 11.9 Å². The van der Waals surface area contributed by atoms with Crippen molar-refractivity contribution in [3.05, 3.63) is 30.1 Å². The van der Waals surface area contributed by atoms with E-state index in [1.165, 1.54) is 0 Å². The number of hydrogen-bond acceptors (Lipinski definition) is 3. The Bertz CT molecular complexity index is 596. The number of para-hydroxylation sites is 1. The maximum atomic E-state index is 12.8. The highest BCUT2D eigenvalue weighted by molar-refractivity contribution is 5.89. The number of anilines is 1. The van der Waals surface area contributed by atoms with Crippen molar-refractivity contribution in [1.29, 1.82) is 0 Å². The highest BCUT2D eigenvalue weighted by Gasteiger charge is 2.35. The van der Waals surface area contributed by atoms with Crippen LogP contribution in [0.3, 0.4) is 0 Å². The third kappa shape index (κ3) is 3.18. The summed E-state index contributed by atoms with van der Waals surface area (Å²) in [4.78, 5) is 7.21. The number of halogens is 3. The smallest absolute Gasteiger partial charge is 0.369 e.